The fourth-order valence-corrected chi connectivity index (χ4v) is 1.42. The first kappa shape index (κ1) is 10.4. The molecule has 0 fully saturated rings. The molecule has 0 spiro atoms. The zero-order valence-electron chi connectivity index (χ0n) is 8.73. The summed E-state index contributed by atoms with van der Waals surface area (Å²) < 4.78 is 12.5. The molecule has 0 amide bonds. The number of halogens is 1. The van der Waals surface area contributed by atoms with Crippen LogP contribution in [0.3, 0.4) is 0 Å². The lowest BCUT2D eigenvalue weighted by Gasteiger charge is -1.82. The minimum atomic E-state index is -0.277. The third-order valence-electron chi connectivity index (χ3n) is 2.16. The minimum Gasteiger partial charge on any atom is -0.331 e. The van der Waals surface area contributed by atoms with Gasteiger partial charge in [0.1, 0.15) is 0 Å². The highest BCUT2D eigenvalue weighted by molar-refractivity contribution is 5.79. The van der Waals surface area contributed by atoms with Crippen LogP contribution in [0.4, 0.5) is 4.39 Å². The van der Waals surface area contributed by atoms with E-state index in [9.17, 15) is 4.39 Å². The van der Waals surface area contributed by atoms with Gasteiger partial charge < -0.3 is 4.98 Å². The van der Waals surface area contributed by atoms with E-state index in [1.165, 1.54) is 6.07 Å². The Balaban J connectivity index is 0.000000138. The van der Waals surface area contributed by atoms with Crippen LogP contribution in [0.2, 0.25) is 0 Å². The molecular formula is C14H12FN. The van der Waals surface area contributed by atoms with Crippen molar-refractivity contribution in [3.63, 3.8) is 0 Å². The van der Waals surface area contributed by atoms with Crippen molar-refractivity contribution in [2.24, 2.45) is 0 Å². The second kappa shape index (κ2) is 5.12. The number of nitrogens with one attached hydrogen (secondary N) is 1. The van der Waals surface area contributed by atoms with E-state index >= 15 is 0 Å². The van der Waals surface area contributed by atoms with Crippen LogP contribution in [-0.2, 0) is 0 Å². The normalized spacial score (nSPS) is 9.56. The standard InChI is InChI=1S/C8H6FN.C6H6/c9-8-5-6-3-1-2-4-7(6)10-8;1-2-4-6-5-3-1/h1-5,10H;1-6H. The lowest BCUT2D eigenvalue weighted by Crippen LogP contribution is -1.66. The smallest absolute Gasteiger partial charge is 0.192 e. The van der Waals surface area contributed by atoms with Crippen molar-refractivity contribution < 1.29 is 4.39 Å². The number of hydrogen-bond acceptors (Lipinski definition) is 0. The van der Waals surface area contributed by atoms with Crippen molar-refractivity contribution in [3.8, 4) is 0 Å². The summed E-state index contributed by atoms with van der Waals surface area (Å²) in [5.41, 5.74) is 0.847. The predicted molar refractivity (Wildman–Crippen MR) is 64.7 cm³/mol. The Morgan fingerprint density at radius 1 is 0.750 bits per heavy atom. The molecule has 1 N–H and O–H groups in total. The zero-order valence-corrected chi connectivity index (χ0v) is 8.73. The van der Waals surface area contributed by atoms with Gasteiger partial charge in [-0.15, -0.1) is 0 Å². The third kappa shape index (κ3) is 2.70. The van der Waals surface area contributed by atoms with Gasteiger partial charge in [-0.1, -0.05) is 54.6 Å². The van der Waals surface area contributed by atoms with E-state index in [1.54, 1.807) is 0 Å². The van der Waals surface area contributed by atoms with Crippen LogP contribution in [0.15, 0.2) is 66.7 Å². The molecule has 0 radical (unpaired) electrons. The molecule has 0 bridgehead atoms. The van der Waals surface area contributed by atoms with Gasteiger partial charge in [0.25, 0.3) is 0 Å². The first-order chi connectivity index (χ1) is 7.86. The second-order valence-electron chi connectivity index (χ2n) is 3.36. The summed E-state index contributed by atoms with van der Waals surface area (Å²) in [6.45, 7) is 0. The Hall–Kier alpha value is -2.09. The van der Waals surface area contributed by atoms with Crippen LogP contribution >= 0.6 is 0 Å². The summed E-state index contributed by atoms with van der Waals surface area (Å²) in [4.78, 5) is 2.59. The maximum atomic E-state index is 12.5. The molecule has 1 nitrogen and oxygen atoms in total. The van der Waals surface area contributed by atoms with E-state index in [-0.39, 0.29) is 5.95 Å². The third-order valence-corrected chi connectivity index (χ3v) is 2.16. The number of benzene rings is 2. The molecule has 3 aromatic rings. The van der Waals surface area contributed by atoms with Crippen molar-refractivity contribution in [3.05, 3.63) is 72.7 Å². The summed E-state index contributed by atoms with van der Waals surface area (Å²) in [7, 11) is 0. The van der Waals surface area contributed by atoms with Gasteiger partial charge >= 0.3 is 0 Å². The van der Waals surface area contributed by atoms with Crippen LogP contribution < -0.4 is 0 Å². The molecule has 0 saturated carbocycles. The van der Waals surface area contributed by atoms with E-state index in [0.29, 0.717) is 0 Å². The van der Waals surface area contributed by atoms with Crippen molar-refractivity contribution >= 4 is 10.9 Å². The Bertz CT molecular complexity index is 483. The van der Waals surface area contributed by atoms with E-state index in [1.807, 2.05) is 60.7 Å². The molecule has 0 aliphatic carbocycles. The summed E-state index contributed by atoms with van der Waals surface area (Å²) >= 11 is 0. The van der Waals surface area contributed by atoms with Crippen molar-refractivity contribution in [1.29, 1.82) is 0 Å². The van der Waals surface area contributed by atoms with Gasteiger partial charge in [-0.2, -0.15) is 4.39 Å². The van der Waals surface area contributed by atoms with Gasteiger partial charge in [-0.05, 0) is 6.07 Å². The van der Waals surface area contributed by atoms with Gasteiger partial charge in [0.05, 0.1) is 0 Å². The van der Waals surface area contributed by atoms with Gasteiger partial charge in [0, 0.05) is 17.0 Å². The summed E-state index contributed by atoms with van der Waals surface area (Å²) in [6, 6.07) is 21.0. The van der Waals surface area contributed by atoms with E-state index in [0.717, 1.165) is 10.9 Å². The molecule has 1 heterocycles. The first-order valence-corrected chi connectivity index (χ1v) is 5.09. The number of aromatic nitrogens is 1. The SMILES string of the molecule is Fc1cc2ccccc2[nH]1.c1ccccc1. The van der Waals surface area contributed by atoms with Crippen LogP contribution in [0.1, 0.15) is 0 Å². The summed E-state index contributed by atoms with van der Waals surface area (Å²) in [5, 5.41) is 0.917. The lowest BCUT2D eigenvalue weighted by molar-refractivity contribution is 0.595. The molecule has 16 heavy (non-hydrogen) atoms. The lowest BCUT2D eigenvalue weighted by atomic mass is 10.3. The Morgan fingerprint density at radius 3 is 1.88 bits per heavy atom. The number of para-hydroxylation sites is 1. The molecule has 0 unspecified atom stereocenters. The fourth-order valence-electron chi connectivity index (χ4n) is 1.42. The first-order valence-electron chi connectivity index (χ1n) is 5.09. The minimum absolute atomic E-state index is 0.277. The molecule has 1 aromatic heterocycles. The highest BCUT2D eigenvalue weighted by atomic mass is 19.1. The van der Waals surface area contributed by atoms with E-state index in [2.05, 4.69) is 4.98 Å². The number of aromatic amines is 1. The maximum Gasteiger partial charge on any atom is 0.192 e. The highest BCUT2D eigenvalue weighted by Gasteiger charge is 1.95. The second-order valence-corrected chi connectivity index (χ2v) is 3.36. The van der Waals surface area contributed by atoms with Gasteiger partial charge in [-0.3, -0.25) is 0 Å². The molecular weight excluding hydrogens is 201 g/mol. The molecule has 0 aliphatic rings. The van der Waals surface area contributed by atoms with Crippen LogP contribution in [0.25, 0.3) is 10.9 Å². The molecule has 0 aliphatic heterocycles. The topological polar surface area (TPSA) is 15.8 Å². The zero-order chi connectivity index (χ0) is 11.2. The highest BCUT2D eigenvalue weighted by Crippen LogP contribution is 2.12. The summed E-state index contributed by atoms with van der Waals surface area (Å²) in [6.07, 6.45) is 0. The van der Waals surface area contributed by atoms with Crippen molar-refractivity contribution in [2.75, 3.05) is 0 Å². The van der Waals surface area contributed by atoms with Crippen LogP contribution in [-0.4, -0.2) is 4.98 Å². The quantitative estimate of drug-likeness (QED) is 0.581. The Morgan fingerprint density at radius 2 is 1.31 bits per heavy atom. The van der Waals surface area contributed by atoms with Crippen LogP contribution in [0.5, 0.6) is 0 Å². The van der Waals surface area contributed by atoms with Gasteiger partial charge in [0.2, 0.25) is 0 Å². The fraction of sp³-hybridized carbons (Fsp3) is 0. The maximum absolute atomic E-state index is 12.5. The predicted octanol–water partition coefficient (Wildman–Crippen LogP) is 3.99. The van der Waals surface area contributed by atoms with E-state index in [4.69, 9.17) is 0 Å². The molecule has 0 saturated heterocycles. The number of rotatable bonds is 0. The Labute approximate surface area is 93.6 Å². The number of hydrogen-bond donors (Lipinski definition) is 1. The summed E-state index contributed by atoms with van der Waals surface area (Å²) in [5.74, 6) is -0.277. The number of fused-ring (bicyclic) bond motifs is 1. The van der Waals surface area contributed by atoms with Gasteiger partial charge in [-0.25, -0.2) is 0 Å². The molecule has 2 heteroatoms. The Kier molecular flexibility index (Phi) is 3.34. The average molecular weight is 213 g/mol. The van der Waals surface area contributed by atoms with Crippen molar-refractivity contribution in [1.82, 2.24) is 4.98 Å². The van der Waals surface area contributed by atoms with Crippen molar-refractivity contribution in [2.45, 2.75) is 0 Å². The molecule has 2 aromatic carbocycles. The van der Waals surface area contributed by atoms with E-state index < -0.39 is 0 Å². The molecule has 80 valence electrons. The molecule has 3 rings (SSSR count). The molecule has 0 atom stereocenters. The van der Waals surface area contributed by atoms with Crippen LogP contribution in [0, 0.1) is 5.95 Å². The monoisotopic (exact) mass is 213 g/mol. The largest absolute Gasteiger partial charge is 0.331 e. The number of H-pyrrole nitrogens is 1. The van der Waals surface area contributed by atoms with Gasteiger partial charge in [0.15, 0.2) is 5.95 Å². The average Bonchev–Trinajstić information content (AvgIpc) is 2.72.